The van der Waals surface area contributed by atoms with Crippen LogP contribution in [0.4, 0.5) is 11.6 Å². The minimum atomic E-state index is 0.0708. The molecule has 0 aromatic carbocycles. The van der Waals surface area contributed by atoms with Crippen molar-refractivity contribution in [3.8, 4) is 0 Å². The van der Waals surface area contributed by atoms with Crippen molar-refractivity contribution in [2.75, 3.05) is 37.4 Å². The van der Waals surface area contributed by atoms with Crippen LogP contribution in [0, 0.1) is 11.8 Å². The zero-order chi connectivity index (χ0) is 15.8. The maximum atomic E-state index is 11.6. The molecule has 2 rings (SSSR count). The molecular weight excluding hydrogens is 282 g/mol. The molecule has 122 valence electrons. The van der Waals surface area contributed by atoms with Gasteiger partial charge >= 0.3 is 0 Å². The molecule has 1 heterocycles. The highest BCUT2D eigenvalue weighted by molar-refractivity contribution is 5.78. The second-order valence-corrected chi connectivity index (χ2v) is 5.65. The Labute approximate surface area is 130 Å². The number of rotatable bonds is 7. The first-order valence-corrected chi connectivity index (χ1v) is 7.85. The molecule has 22 heavy (non-hydrogen) atoms. The number of anilines is 2. The fraction of sp³-hybridized carbons (Fsp3) is 0.667. The monoisotopic (exact) mass is 307 g/mol. The van der Waals surface area contributed by atoms with Crippen molar-refractivity contribution in [2.24, 2.45) is 11.8 Å². The Bertz CT molecular complexity index is 475. The second kappa shape index (κ2) is 8.53. The van der Waals surface area contributed by atoms with Gasteiger partial charge in [0.15, 0.2) is 0 Å². The van der Waals surface area contributed by atoms with Gasteiger partial charge in [0.2, 0.25) is 5.91 Å². The van der Waals surface area contributed by atoms with Crippen molar-refractivity contribution in [3.05, 3.63) is 12.4 Å². The van der Waals surface area contributed by atoms with Crippen LogP contribution < -0.4 is 16.0 Å². The predicted octanol–water partition coefficient (Wildman–Crippen LogP) is 0.845. The topological polar surface area (TPSA) is 99.2 Å². The molecule has 4 N–H and O–H groups in total. The Morgan fingerprint density at radius 1 is 1.23 bits per heavy atom. The molecule has 1 amide bonds. The standard InChI is InChI=1S/C15H25N5O2/c1-16-15(22)12-4-2-11(3-5-12)9-18-14-8-13(17-6-7-21)19-10-20-14/h8,10-12,21H,2-7,9H2,1H3,(H,16,22)(H2,17,18,19,20). The Hall–Kier alpha value is -1.89. The van der Waals surface area contributed by atoms with Crippen molar-refractivity contribution in [3.63, 3.8) is 0 Å². The average Bonchev–Trinajstić information content (AvgIpc) is 2.58. The summed E-state index contributed by atoms with van der Waals surface area (Å²) in [5.41, 5.74) is 0. The number of hydrogen-bond donors (Lipinski definition) is 4. The van der Waals surface area contributed by atoms with E-state index in [1.165, 1.54) is 6.33 Å². The summed E-state index contributed by atoms with van der Waals surface area (Å²) in [4.78, 5) is 19.9. The molecule has 0 bridgehead atoms. The molecule has 7 heteroatoms. The molecule has 0 spiro atoms. The molecular formula is C15H25N5O2. The Kier molecular flexibility index (Phi) is 6.39. The molecule has 1 aromatic rings. The number of hydrogen-bond acceptors (Lipinski definition) is 6. The van der Waals surface area contributed by atoms with Crippen LogP contribution >= 0.6 is 0 Å². The van der Waals surface area contributed by atoms with E-state index >= 15 is 0 Å². The summed E-state index contributed by atoms with van der Waals surface area (Å²) < 4.78 is 0. The molecule has 1 aromatic heterocycles. The number of carbonyl (C=O) groups excluding carboxylic acids is 1. The summed E-state index contributed by atoms with van der Waals surface area (Å²) in [5.74, 6) is 2.40. The van der Waals surface area contributed by atoms with E-state index in [1.807, 2.05) is 6.07 Å². The van der Waals surface area contributed by atoms with Crippen molar-refractivity contribution in [1.29, 1.82) is 0 Å². The summed E-state index contributed by atoms with van der Waals surface area (Å²) in [6, 6.07) is 1.84. The van der Waals surface area contributed by atoms with Gasteiger partial charge in [0.25, 0.3) is 0 Å². The van der Waals surface area contributed by atoms with E-state index < -0.39 is 0 Å². The number of amides is 1. The fourth-order valence-corrected chi connectivity index (χ4v) is 2.82. The largest absolute Gasteiger partial charge is 0.395 e. The lowest BCUT2D eigenvalue weighted by atomic mass is 9.81. The van der Waals surface area contributed by atoms with Gasteiger partial charge in [-0.2, -0.15) is 0 Å². The Morgan fingerprint density at radius 2 is 1.91 bits per heavy atom. The normalized spacial score (nSPS) is 21.2. The van der Waals surface area contributed by atoms with Crippen LogP contribution in [0.5, 0.6) is 0 Å². The van der Waals surface area contributed by atoms with Gasteiger partial charge in [-0.25, -0.2) is 9.97 Å². The first-order chi connectivity index (χ1) is 10.7. The number of aliphatic hydroxyl groups is 1. The molecule has 1 aliphatic rings. The predicted molar refractivity (Wildman–Crippen MR) is 85.6 cm³/mol. The minimum Gasteiger partial charge on any atom is -0.395 e. The van der Waals surface area contributed by atoms with Gasteiger partial charge in [-0.05, 0) is 31.6 Å². The first kappa shape index (κ1) is 16.5. The lowest BCUT2D eigenvalue weighted by Crippen LogP contribution is -2.32. The highest BCUT2D eigenvalue weighted by Gasteiger charge is 2.25. The van der Waals surface area contributed by atoms with Crippen LogP contribution in [-0.4, -0.2) is 47.7 Å². The number of aromatic nitrogens is 2. The summed E-state index contributed by atoms with van der Waals surface area (Å²) in [5, 5.41) is 17.9. The van der Waals surface area contributed by atoms with Crippen molar-refractivity contribution >= 4 is 17.5 Å². The van der Waals surface area contributed by atoms with Crippen LogP contribution in [0.3, 0.4) is 0 Å². The number of nitrogens with zero attached hydrogens (tertiary/aromatic N) is 2. The molecule has 7 nitrogen and oxygen atoms in total. The van der Waals surface area contributed by atoms with E-state index in [9.17, 15) is 4.79 Å². The summed E-state index contributed by atoms with van der Waals surface area (Å²) in [6.45, 7) is 1.40. The number of carbonyl (C=O) groups is 1. The highest BCUT2D eigenvalue weighted by atomic mass is 16.3. The molecule has 1 aliphatic carbocycles. The Morgan fingerprint density at radius 3 is 2.55 bits per heavy atom. The molecule has 0 unspecified atom stereocenters. The van der Waals surface area contributed by atoms with Crippen molar-refractivity contribution in [1.82, 2.24) is 15.3 Å². The van der Waals surface area contributed by atoms with Gasteiger partial charge in [-0.15, -0.1) is 0 Å². The van der Waals surface area contributed by atoms with Crippen LogP contribution in [0.15, 0.2) is 12.4 Å². The maximum absolute atomic E-state index is 11.6. The highest BCUT2D eigenvalue weighted by Crippen LogP contribution is 2.29. The smallest absolute Gasteiger partial charge is 0.222 e. The van der Waals surface area contributed by atoms with Gasteiger partial charge in [0.1, 0.15) is 18.0 Å². The number of aliphatic hydroxyl groups excluding tert-OH is 1. The zero-order valence-electron chi connectivity index (χ0n) is 13.0. The van der Waals surface area contributed by atoms with Gasteiger partial charge < -0.3 is 21.1 Å². The van der Waals surface area contributed by atoms with E-state index in [4.69, 9.17) is 5.11 Å². The molecule has 1 fully saturated rings. The first-order valence-electron chi connectivity index (χ1n) is 7.85. The van der Waals surface area contributed by atoms with Gasteiger partial charge in [0, 0.05) is 32.1 Å². The van der Waals surface area contributed by atoms with Crippen LogP contribution in [0.1, 0.15) is 25.7 Å². The zero-order valence-corrected chi connectivity index (χ0v) is 13.0. The van der Waals surface area contributed by atoms with Gasteiger partial charge in [-0.3, -0.25) is 4.79 Å². The lowest BCUT2D eigenvalue weighted by molar-refractivity contribution is -0.125. The summed E-state index contributed by atoms with van der Waals surface area (Å²) in [7, 11) is 1.70. The van der Waals surface area contributed by atoms with Crippen LogP contribution in [0.2, 0.25) is 0 Å². The van der Waals surface area contributed by atoms with Crippen LogP contribution in [0.25, 0.3) is 0 Å². The van der Waals surface area contributed by atoms with Crippen LogP contribution in [-0.2, 0) is 4.79 Å². The molecule has 0 atom stereocenters. The number of nitrogens with one attached hydrogen (secondary N) is 3. The van der Waals surface area contributed by atoms with Crippen molar-refractivity contribution < 1.29 is 9.90 Å². The van der Waals surface area contributed by atoms with E-state index in [0.717, 1.165) is 38.0 Å². The van der Waals surface area contributed by atoms with Crippen molar-refractivity contribution in [2.45, 2.75) is 25.7 Å². The van der Waals surface area contributed by atoms with E-state index in [0.29, 0.717) is 18.3 Å². The molecule has 1 saturated carbocycles. The molecule has 0 radical (unpaired) electrons. The molecule has 0 aliphatic heterocycles. The summed E-state index contributed by atoms with van der Waals surface area (Å²) in [6.07, 6.45) is 5.54. The van der Waals surface area contributed by atoms with E-state index in [2.05, 4.69) is 25.9 Å². The van der Waals surface area contributed by atoms with Gasteiger partial charge in [0.05, 0.1) is 6.61 Å². The average molecular weight is 307 g/mol. The maximum Gasteiger partial charge on any atom is 0.222 e. The van der Waals surface area contributed by atoms with E-state index in [1.54, 1.807) is 7.05 Å². The van der Waals surface area contributed by atoms with E-state index in [-0.39, 0.29) is 18.4 Å². The third-order valence-corrected chi connectivity index (χ3v) is 4.12. The SMILES string of the molecule is CNC(=O)C1CCC(CNc2cc(NCCO)ncn2)CC1. The lowest BCUT2D eigenvalue weighted by Gasteiger charge is -2.27. The summed E-state index contributed by atoms with van der Waals surface area (Å²) >= 11 is 0. The van der Waals surface area contributed by atoms with Gasteiger partial charge in [-0.1, -0.05) is 0 Å². The quantitative estimate of drug-likeness (QED) is 0.596. The Balaban J connectivity index is 1.76. The second-order valence-electron chi connectivity index (χ2n) is 5.65. The molecule has 0 saturated heterocycles. The third-order valence-electron chi connectivity index (χ3n) is 4.12. The fourth-order valence-electron chi connectivity index (χ4n) is 2.82. The minimum absolute atomic E-state index is 0.0708. The third kappa shape index (κ3) is 4.84.